The van der Waals surface area contributed by atoms with Gasteiger partial charge in [0.2, 0.25) is 5.91 Å². The van der Waals surface area contributed by atoms with Crippen molar-refractivity contribution in [2.24, 2.45) is 12.5 Å². The number of imide groups is 1. The van der Waals surface area contributed by atoms with Gasteiger partial charge in [-0.25, -0.2) is 18.6 Å². The Hall–Kier alpha value is -5.53. The number of aromatic nitrogens is 4. The number of hydrogen-bond acceptors (Lipinski definition) is 10. The fraction of sp³-hybridized carbons (Fsp3) is 0.478. The van der Waals surface area contributed by atoms with Gasteiger partial charge >= 0.3 is 6.03 Å². The molecular formula is C46H49F2N9O4S. The smallest absolute Gasteiger partial charge is 0.329 e. The number of fused-ring (bicyclic) bond motifs is 2. The van der Waals surface area contributed by atoms with E-state index in [2.05, 4.69) is 31.1 Å². The first-order chi connectivity index (χ1) is 30.1. The summed E-state index contributed by atoms with van der Waals surface area (Å²) in [6, 6.07) is 13.2. The molecule has 3 saturated carbocycles. The average molecular weight is 862 g/mol. The minimum absolute atomic E-state index is 0.0395. The van der Waals surface area contributed by atoms with E-state index in [0.717, 1.165) is 82.8 Å². The van der Waals surface area contributed by atoms with E-state index in [1.54, 1.807) is 58.8 Å². The molecule has 5 aromatic rings. The Balaban J connectivity index is 0.754. The number of nitrogens with zero attached hydrogens (tertiary/aromatic N) is 7. The number of urea groups is 1. The molecule has 0 radical (unpaired) electrons. The van der Waals surface area contributed by atoms with Gasteiger partial charge in [0.1, 0.15) is 23.2 Å². The zero-order chi connectivity index (χ0) is 42.7. The number of likely N-dealkylation sites (tertiary alicyclic amines) is 1. The van der Waals surface area contributed by atoms with Crippen molar-refractivity contribution in [3.05, 3.63) is 81.9 Å². The van der Waals surface area contributed by atoms with Crippen LogP contribution in [0, 0.1) is 28.4 Å². The maximum absolute atomic E-state index is 15.8. The monoisotopic (exact) mass is 861 g/mol. The molecule has 62 heavy (non-hydrogen) atoms. The second-order valence-corrected chi connectivity index (χ2v) is 19.1. The summed E-state index contributed by atoms with van der Waals surface area (Å²) < 4.78 is 43.6. The predicted octanol–water partition coefficient (Wildman–Crippen LogP) is 8.82. The van der Waals surface area contributed by atoms with Crippen molar-refractivity contribution in [1.29, 1.82) is 5.26 Å². The third-order valence-corrected chi connectivity index (χ3v) is 15.5. The lowest BCUT2D eigenvalue weighted by atomic mass is 9.60. The number of hydrogen-bond donors (Lipinski definition) is 2. The van der Waals surface area contributed by atoms with Gasteiger partial charge in [-0.05, 0) is 149 Å². The summed E-state index contributed by atoms with van der Waals surface area (Å²) in [5.41, 5.74) is 2.58. The number of nitrogens with one attached hydrogen (secondary N) is 2. The van der Waals surface area contributed by atoms with Gasteiger partial charge in [-0.2, -0.15) is 10.4 Å². The molecule has 2 aliphatic heterocycles. The summed E-state index contributed by atoms with van der Waals surface area (Å²) >= 11 is 1.56. The number of rotatable bonds is 9. The van der Waals surface area contributed by atoms with Crippen molar-refractivity contribution in [3.8, 4) is 17.6 Å². The predicted molar refractivity (Wildman–Crippen MR) is 233 cm³/mol. The van der Waals surface area contributed by atoms with E-state index >= 15 is 8.78 Å². The van der Waals surface area contributed by atoms with Crippen LogP contribution in [0.2, 0.25) is 0 Å². The van der Waals surface area contributed by atoms with Crippen LogP contribution in [0.4, 0.5) is 25.1 Å². The van der Waals surface area contributed by atoms with Gasteiger partial charge in [-0.15, -0.1) is 0 Å². The number of benzene rings is 3. The Kier molecular flexibility index (Phi) is 10.7. The normalized spacial score (nSPS) is 22.3. The molecule has 322 valence electrons. The first-order valence-corrected chi connectivity index (χ1v) is 22.8. The van der Waals surface area contributed by atoms with Crippen molar-refractivity contribution in [3.63, 3.8) is 0 Å². The van der Waals surface area contributed by atoms with Crippen molar-refractivity contribution >= 4 is 57.2 Å². The van der Waals surface area contributed by atoms with Crippen molar-refractivity contribution in [2.45, 2.75) is 107 Å². The maximum atomic E-state index is 15.8. The summed E-state index contributed by atoms with van der Waals surface area (Å²) in [6.07, 6.45) is 14.1. The van der Waals surface area contributed by atoms with Crippen LogP contribution < -0.4 is 25.2 Å². The molecule has 0 unspecified atom stereocenters. The van der Waals surface area contributed by atoms with E-state index in [9.17, 15) is 19.6 Å². The Bertz CT molecular complexity index is 2680. The van der Waals surface area contributed by atoms with Gasteiger partial charge in [0.05, 0.1) is 28.4 Å². The average Bonchev–Trinajstić information content (AvgIpc) is 3.90. The first-order valence-electron chi connectivity index (χ1n) is 21.9. The molecule has 10 rings (SSSR count). The van der Waals surface area contributed by atoms with Gasteiger partial charge in [0, 0.05) is 42.7 Å². The zero-order valence-electron chi connectivity index (χ0n) is 34.7. The Morgan fingerprint density at radius 1 is 0.919 bits per heavy atom. The molecule has 5 fully saturated rings. The molecule has 3 amide bonds. The van der Waals surface area contributed by atoms with Gasteiger partial charge < -0.3 is 14.4 Å². The van der Waals surface area contributed by atoms with Gasteiger partial charge in [-0.1, -0.05) is 12.8 Å². The lowest BCUT2D eigenvalue weighted by Gasteiger charge is -2.54. The Morgan fingerprint density at radius 3 is 2.44 bits per heavy atom. The number of anilines is 2. The number of carbonyl (C=O) groups excluding carboxylic acids is 2. The lowest BCUT2D eigenvalue weighted by molar-refractivity contribution is -0.120. The lowest BCUT2D eigenvalue weighted by Crippen LogP contribution is -2.51. The standard InChI is InChI=1S/C46H49F2N9O4S/c1-54-40-22-32(37(48)21-34(40)43(52-54)56-17-14-41(58)51-45(56)60)27-6-8-28(9-7-27)55-18-15-46(16-19-55)23-29(24-46)57-26-50-38-12-10-30(20-33(38)44(57)59)61-42-35(25-49)39(13-11-36(42)47)53-62-31-4-2-3-5-31/h10-13,20-22,26-29,31,53H,2-9,14-19,23-24H2,1H3,(H,51,58,60). The Morgan fingerprint density at radius 2 is 1.69 bits per heavy atom. The van der Waals surface area contributed by atoms with E-state index in [-0.39, 0.29) is 64.7 Å². The summed E-state index contributed by atoms with van der Waals surface area (Å²) in [5.74, 6) is -0.730. The van der Waals surface area contributed by atoms with Gasteiger partial charge in [0.25, 0.3) is 5.56 Å². The fourth-order valence-electron chi connectivity index (χ4n) is 10.8. The van der Waals surface area contributed by atoms with E-state index in [0.29, 0.717) is 44.6 Å². The van der Waals surface area contributed by atoms with Crippen LogP contribution in [0.5, 0.6) is 11.5 Å². The highest BCUT2D eigenvalue weighted by atomic mass is 32.2. The molecule has 2 aromatic heterocycles. The van der Waals surface area contributed by atoms with Crippen LogP contribution >= 0.6 is 11.9 Å². The van der Waals surface area contributed by atoms with Crippen molar-refractivity contribution in [1.82, 2.24) is 29.5 Å². The van der Waals surface area contributed by atoms with Gasteiger partial charge in [-0.3, -0.25) is 29.1 Å². The number of halogens is 2. The number of piperidine rings is 1. The largest absolute Gasteiger partial charge is 0.453 e. The van der Waals surface area contributed by atoms with E-state index in [1.165, 1.54) is 29.9 Å². The highest BCUT2D eigenvalue weighted by molar-refractivity contribution is 8.01. The maximum Gasteiger partial charge on any atom is 0.329 e. The molecule has 3 aromatic carbocycles. The second kappa shape index (κ2) is 16.3. The van der Waals surface area contributed by atoms with Crippen LogP contribution in [-0.2, 0) is 11.8 Å². The molecule has 5 aliphatic rings. The molecule has 0 bridgehead atoms. The molecule has 2 N–H and O–H groups in total. The van der Waals surface area contributed by atoms with E-state index < -0.39 is 11.8 Å². The molecule has 0 atom stereocenters. The number of ether oxygens (including phenoxy) is 1. The van der Waals surface area contributed by atoms with Crippen LogP contribution in [0.3, 0.4) is 0 Å². The summed E-state index contributed by atoms with van der Waals surface area (Å²) in [5, 5.41) is 18.3. The minimum atomic E-state index is -0.655. The number of nitriles is 1. The van der Waals surface area contributed by atoms with Gasteiger partial charge in [0.15, 0.2) is 17.4 Å². The first kappa shape index (κ1) is 40.5. The molecule has 3 aliphatic carbocycles. The second-order valence-electron chi connectivity index (χ2n) is 18.0. The number of amides is 3. The molecule has 16 heteroatoms. The molecule has 13 nitrogen and oxygen atoms in total. The minimum Gasteiger partial charge on any atom is -0.453 e. The molecular weight excluding hydrogens is 813 g/mol. The van der Waals surface area contributed by atoms with Crippen LogP contribution in [0.25, 0.3) is 21.8 Å². The van der Waals surface area contributed by atoms with E-state index in [1.807, 2.05) is 6.07 Å². The molecule has 2 saturated heterocycles. The third kappa shape index (κ3) is 7.46. The third-order valence-electron chi connectivity index (χ3n) is 14.3. The number of carbonyl (C=O) groups is 2. The number of aryl methyl sites for hydroxylation is 1. The van der Waals surface area contributed by atoms with Crippen molar-refractivity contribution in [2.75, 3.05) is 29.3 Å². The quantitative estimate of drug-likeness (QED) is 0.138. The SMILES string of the molecule is Cn1nc(N2CCC(=O)NC2=O)c2cc(F)c(C3CCC(N4CCC5(CC4)CC(n4cnc6ccc(Oc7c(F)ccc(NSC8CCCC8)c7C#N)cc6c4=O)C5)CC3)cc21. The summed E-state index contributed by atoms with van der Waals surface area (Å²) in [4.78, 5) is 46.8. The summed E-state index contributed by atoms with van der Waals surface area (Å²) in [6.45, 7) is 2.20. The summed E-state index contributed by atoms with van der Waals surface area (Å²) in [7, 11) is 1.79. The fourth-order valence-corrected chi connectivity index (χ4v) is 11.8. The zero-order valence-corrected chi connectivity index (χ0v) is 35.5. The Labute approximate surface area is 361 Å². The van der Waals surface area contributed by atoms with Crippen LogP contribution in [0.1, 0.15) is 107 Å². The highest BCUT2D eigenvalue weighted by Gasteiger charge is 2.48. The van der Waals surface area contributed by atoms with E-state index in [4.69, 9.17) is 4.74 Å². The topological polar surface area (TPSA) is 150 Å². The highest BCUT2D eigenvalue weighted by Crippen LogP contribution is 2.55. The van der Waals surface area contributed by atoms with Crippen LogP contribution in [0.15, 0.2) is 53.6 Å². The van der Waals surface area contributed by atoms with Crippen molar-refractivity contribution < 1.29 is 23.1 Å². The molecule has 4 heterocycles. The van der Waals surface area contributed by atoms with Crippen LogP contribution in [-0.4, -0.2) is 67.1 Å². The molecule has 1 spiro atoms.